The van der Waals surface area contributed by atoms with Crippen LogP contribution in [0, 0.1) is 6.92 Å². The van der Waals surface area contributed by atoms with Crippen molar-refractivity contribution < 1.29 is 0 Å². The smallest absolute Gasteiger partial charge is 0.0879 e. The zero-order chi connectivity index (χ0) is 13.3. The fourth-order valence-electron chi connectivity index (χ4n) is 2.18. The Morgan fingerprint density at radius 1 is 1.17 bits per heavy atom. The topological polar surface area (TPSA) is 24.9 Å². The number of rotatable bonds is 3. The molecule has 0 bridgehead atoms. The highest BCUT2D eigenvalue weighted by atomic mass is 79.9. The standard InChI is InChI=1S/C14H16Br2N2/c1-4-11-8(3)13(17-5-2)12-9(15)6-7-10(16)14(12)18-11/h6-7H,4-5H2,1-3H3,(H,17,18). The average molecular weight is 372 g/mol. The molecule has 2 aromatic rings. The number of pyridine rings is 1. The molecule has 0 spiro atoms. The Labute approximate surface area is 124 Å². The first-order valence-electron chi connectivity index (χ1n) is 6.11. The van der Waals surface area contributed by atoms with Crippen molar-refractivity contribution >= 4 is 48.5 Å². The number of nitrogens with one attached hydrogen (secondary N) is 1. The van der Waals surface area contributed by atoms with Crippen LogP contribution in [-0.2, 0) is 6.42 Å². The van der Waals surface area contributed by atoms with Crippen LogP contribution in [0.25, 0.3) is 10.9 Å². The van der Waals surface area contributed by atoms with E-state index in [0.29, 0.717) is 0 Å². The summed E-state index contributed by atoms with van der Waals surface area (Å²) in [6, 6.07) is 4.09. The Morgan fingerprint density at radius 2 is 1.83 bits per heavy atom. The van der Waals surface area contributed by atoms with Gasteiger partial charge in [0.1, 0.15) is 0 Å². The lowest BCUT2D eigenvalue weighted by Gasteiger charge is -2.16. The zero-order valence-electron chi connectivity index (χ0n) is 10.8. The van der Waals surface area contributed by atoms with Gasteiger partial charge in [0.25, 0.3) is 0 Å². The van der Waals surface area contributed by atoms with Crippen molar-refractivity contribution in [3.05, 3.63) is 32.3 Å². The first-order chi connectivity index (χ1) is 8.60. The molecule has 0 aliphatic heterocycles. The van der Waals surface area contributed by atoms with E-state index in [2.05, 4.69) is 64.0 Å². The summed E-state index contributed by atoms with van der Waals surface area (Å²) >= 11 is 7.22. The van der Waals surface area contributed by atoms with Gasteiger partial charge in [-0.05, 0) is 53.9 Å². The number of halogens is 2. The molecular weight excluding hydrogens is 356 g/mol. The van der Waals surface area contributed by atoms with Gasteiger partial charge in [-0.3, -0.25) is 4.98 Å². The van der Waals surface area contributed by atoms with Crippen molar-refractivity contribution in [3.63, 3.8) is 0 Å². The molecule has 0 atom stereocenters. The van der Waals surface area contributed by atoms with Crippen molar-refractivity contribution in [3.8, 4) is 0 Å². The zero-order valence-corrected chi connectivity index (χ0v) is 13.9. The predicted octanol–water partition coefficient (Wildman–Crippen LogP) is 5.06. The van der Waals surface area contributed by atoms with Gasteiger partial charge in [-0.2, -0.15) is 0 Å². The summed E-state index contributed by atoms with van der Waals surface area (Å²) in [6.45, 7) is 7.30. The van der Waals surface area contributed by atoms with Gasteiger partial charge in [-0.25, -0.2) is 0 Å². The molecule has 1 N–H and O–H groups in total. The molecular formula is C14H16Br2N2. The molecule has 4 heteroatoms. The Kier molecular flexibility index (Phi) is 4.28. The Balaban J connectivity index is 2.90. The number of benzene rings is 1. The van der Waals surface area contributed by atoms with Gasteiger partial charge in [0.2, 0.25) is 0 Å². The van der Waals surface area contributed by atoms with Gasteiger partial charge in [0.05, 0.1) is 5.52 Å². The van der Waals surface area contributed by atoms with Crippen LogP contribution >= 0.6 is 31.9 Å². The third-order valence-corrected chi connectivity index (χ3v) is 4.37. The van der Waals surface area contributed by atoms with E-state index in [-0.39, 0.29) is 0 Å². The Morgan fingerprint density at radius 3 is 2.44 bits per heavy atom. The fraction of sp³-hybridized carbons (Fsp3) is 0.357. The van der Waals surface area contributed by atoms with E-state index >= 15 is 0 Å². The maximum absolute atomic E-state index is 4.78. The first kappa shape index (κ1) is 13.8. The molecule has 0 unspecified atom stereocenters. The van der Waals surface area contributed by atoms with E-state index in [1.165, 1.54) is 11.3 Å². The van der Waals surface area contributed by atoms with Crippen LogP contribution in [0.4, 0.5) is 5.69 Å². The summed E-state index contributed by atoms with van der Waals surface area (Å²) in [4.78, 5) is 4.78. The molecule has 2 nitrogen and oxygen atoms in total. The highest BCUT2D eigenvalue weighted by molar-refractivity contribution is 9.11. The van der Waals surface area contributed by atoms with E-state index < -0.39 is 0 Å². The minimum absolute atomic E-state index is 0.905. The lowest BCUT2D eigenvalue weighted by molar-refractivity contribution is 1.02. The monoisotopic (exact) mass is 370 g/mol. The van der Waals surface area contributed by atoms with Crippen molar-refractivity contribution in [2.75, 3.05) is 11.9 Å². The van der Waals surface area contributed by atoms with E-state index in [0.717, 1.165) is 38.5 Å². The van der Waals surface area contributed by atoms with Crippen LogP contribution in [0.3, 0.4) is 0 Å². The highest BCUT2D eigenvalue weighted by Crippen LogP contribution is 2.37. The van der Waals surface area contributed by atoms with E-state index in [1.807, 2.05) is 6.07 Å². The molecule has 0 saturated carbocycles. The van der Waals surface area contributed by atoms with Crippen molar-refractivity contribution in [1.82, 2.24) is 4.98 Å². The number of hydrogen-bond donors (Lipinski definition) is 1. The van der Waals surface area contributed by atoms with Crippen LogP contribution in [-0.4, -0.2) is 11.5 Å². The van der Waals surface area contributed by atoms with Crippen molar-refractivity contribution in [2.45, 2.75) is 27.2 Å². The molecule has 0 saturated heterocycles. The van der Waals surface area contributed by atoms with Crippen LogP contribution in [0.5, 0.6) is 0 Å². The van der Waals surface area contributed by atoms with Crippen LogP contribution < -0.4 is 5.32 Å². The molecule has 0 amide bonds. The second-order valence-electron chi connectivity index (χ2n) is 4.20. The third kappa shape index (κ3) is 2.28. The maximum Gasteiger partial charge on any atom is 0.0879 e. The summed E-state index contributed by atoms with van der Waals surface area (Å²) < 4.78 is 2.12. The molecule has 0 fully saturated rings. The Bertz CT molecular complexity index is 594. The minimum atomic E-state index is 0.905. The molecule has 18 heavy (non-hydrogen) atoms. The number of aromatic nitrogens is 1. The van der Waals surface area contributed by atoms with E-state index in [1.54, 1.807) is 0 Å². The van der Waals surface area contributed by atoms with Crippen LogP contribution in [0.15, 0.2) is 21.1 Å². The molecule has 2 rings (SSSR count). The number of nitrogens with zero attached hydrogens (tertiary/aromatic N) is 1. The first-order valence-corrected chi connectivity index (χ1v) is 7.69. The number of anilines is 1. The lowest BCUT2D eigenvalue weighted by atomic mass is 10.1. The number of hydrogen-bond acceptors (Lipinski definition) is 2. The van der Waals surface area contributed by atoms with Crippen molar-refractivity contribution in [2.24, 2.45) is 0 Å². The molecule has 0 radical (unpaired) electrons. The molecule has 1 heterocycles. The van der Waals surface area contributed by atoms with Crippen molar-refractivity contribution in [1.29, 1.82) is 0 Å². The van der Waals surface area contributed by atoms with Gasteiger partial charge in [-0.15, -0.1) is 0 Å². The second-order valence-corrected chi connectivity index (χ2v) is 5.90. The van der Waals surface area contributed by atoms with Gasteiger partial charge in [0, 0.05) is 32.3 Å². The largest absolute Gasteiger partial charge is 0.384 e. The molecule has 0 aliphatic rings. The average Bonchev–Trinajstić information content (AvgIpc) is 2.36. The summed E-state index contributed by atoms with van der Waals surface area (Å²) in [5, 5.41) is 4.62. The summed E-state index contributed by atoms with van der Waals surface area (Å²) in [7, 11) is 0. The van der Waals surface area contributed by atoms with Gasteiger partial charge in [0.15, 0.2) is 0 Å². The Hall–Kier alpha value is -0.610. The lowest BCUT2D eigenvalue weighted by Crippen LogP contribution is -2.05. The third-order valence-electron chi connectivity index (χ3n) is 3.07. The van der Waals surface area contributed by atoms with Gasteiger partial charge < -0.3 is 5.32 Å². The predicted molar refractivity (Wildman–Crippen MR) is 85.4 cm³/mol. The number of fused-ring (bicyclic) bond motifs is 1. The van der Waals surface area contributed by atoms with Crippen LogP contribution in [0.1, 0.15) is 25.1 Å². The minimum Gasteiger partial charge on any atom is -0.384 e. The van der Waals surface area contributed by atoms with Gasteiger partial charge in [-0.1, -0.05) is 22.9 Å². The number of aryl methyl sites for hydroxylation is 1. The summed E-state index contributed by atoms with van der Waals surface area (Å²) in [5.41, 5.74) is 4.60. The highest BCUT2D eigenvalue weighted by Gasteiger charge is 2.14. The molecule has 96 valence electrons. The normalized spacial score (nSPS) is 10.9. The van der Waals surface area contributed by atoms with Gasteiger partial charge >= 0.3 is 0 Å². The van der Waals surface area contributed by atoms with Crippen LogP contribution in [0.2, 0.25) is 0 Å². The fourth-order valence-corrected chi connectivity index (χ4v) is 3.12. The van der Waals surface area contributed by atoms with E-state index in [4.69, 9.17) is 4.98 Å². The SMILES string of the molecule is CCNc1c(C)c(CC)nc2c(Br)ccc(Br)c12. The molecule has 0 aliphatic carbocycles. The summed E-state index contributed by atoms with van der Waals surface area (Å²) in [5.74, 6) is 0. The summed E-state index contributed by atoms with van der Waals surface area (Å²) in [6.07, 6.45) is 0.944. The van der Waals surface area contributed by atoms with E-state index in [9.17, 15) is 0 Å². The quantitative estimate of drug-likeness (QED) is 0.815. The second kappa shape index (κ2) is 5.57. The molecule has 1 aromatic heterocycles. The molecule has 1 aromatic carbocycles. The maximum atomic E-state index is 4.78.